The highest BCUT2D eigenvalue weighted by Gasteiger charge is 2.49. The van der Waals surface area contributed by atoms with Gasteiger partial charge in [-0.2, -0.15) is 0 Å². The molecule has 3 heterocycles. The fraction of sp³-hybridized carbons (Fsp3) is 0.438. The van der Waals surface area contributed by atoms with Crippen LogP contribution in [0.25, 0.3) is 10.9 Å². The minimum Gasteiger partial charge on any atom is -0.369 e. The highest BCUT2D eigenvalue weighted by atomic mass is 16.5. The molecule has 2 atom stereocenters. The van der Waals surface area contributed by atoms with Gasteiger partial charge in [0.1, 0.15) is 5.60 Å². The number of ether oxygens (including phenoxy) is 1. The maximum Gasteiger partial charge on any atom is 0.223 e. The number of benzene rings is 1. The maximum atomic E-state index is 11.8. The molecule has 2 N–H and O–H groups in total. The summed E-state index contributed by atoms with van der Waals surface area (Å²) in [6.45, 7) is 3.51. The average molecular weight is 270 g/mol. The van der Waals surface area contributed by atoms with Crippen molar-refractivity contribution in [3.05, 3.63) is 35.5 Å². The van der Waals surface area contributed by atoms with Crippen LogP contribution in [0, 0.1) is 5.92 Å². The molecule has 2 aliphatic heterocycles. The van der Waals surface area contributed by atoms with Gasteiger partial charge in [-0.3, -0.25) is 4.79 Å². The third kappa shape index (κ3) is 1.32. The molecule has 0 saturated carbocycles. The smallest absolute Gasteiger partial charge is 0.223 e. The van der Waals surface area contributed by atoms with Gasteiger partial charge in [-0.05, 0) is 31.4 Å². The normalized spacial score (nSPS) is 28.4. The van der Waals surface area contributed by atoms with Crippen molar-refractivity contribution in [2.24, 2.45) is 11.7 Å². The van der Waals surface area contributed by atoms with Crippen molar-refractivity contribution in [2.45, 2.75) is 31.9 Å². The topological polar surface area (TPSA) is 57.2 Å². The SMILES string of the molecule is CC12OCCc3c1n(c1ccccc31)CCC2C(N)=O. The van der Waals surface area contributed by atoms with E-state index in [0.29, 0.717) is 6.61 Å². The standard InChI is InChI=1S/C16H18N2O2/c1-16-12(15(17)19)6-8-18-13-5-3-2-4-10(13)11(14(16)18)7-9-20-16/h2-5,12H,6-9H2,1H3,(H2,17,19). The van der Waals surface area contributed by atoms with E-state index in [-0.39, 0.29) is 11.8 Å². The summed E-state index contributed by atoms with van der Waals surface area (Å²) in [6.07, 6.45) is 1.65. The first kappa shape index (κ1) is 12.0. The van der Waals surface area contributed by atoms with Crippen molar-refractivity contribution >= 4 is 16.8 Å². The number of nitrogens with two attached hydrogens (primary N) is 1. The Hall–Kier alpha value is -1.81. The third-order valence-corrected chi connectivity index (χ3v) is 4.95. The Morgan fingerprint density at radius 3 is 3.05 bits per heavy atom. The molecule has 0 spiro atoms. The second-order valence-corrected chi connectivity index (χ2v) is 5.95. The van der Waals surface area contributed by atoms with Gasteiger partial charge in [-0.1, -0.05) is 18.2 Å². The highest BCUT2D eigenvalue weighted by Crippen LogP contribution is 2.47. The zero-order chi connectivity index (χ0) is 13.9. The summed E-state index contributed by atoms with van der Waals surface area (Å²) in [6, 6.07) is 8.46. The molecule has 0 radical (unpaired) electrons. The van der Waals surface area contributed by atoms with Gasteiger partial charge in [0.2, 0.25) is 5.91 Å². The van der Waals surface area contributed by atoms with Crippen LogP contribution in [-0.2, 0) is 28.1 Å². The number of hydrogen-bond acceptors (Lipinski definition) is 2. The molecule has 2 unspecified atom stereocenters. The first-order chi connectivity index (χ1) is 9.63. The van der Waals surface area contributed by atoms with Crippen molar-refractivity contribution in [3.8, 4) is 0 Å². The molecule has 2 aliphatic rings. The van der Waals surface area contributed by atoms with E-state index in [1.807, 2.05) is 6.92 Å². The van der Waals surface area contributed by atoms with E-state index in [0.717, 1.165) is 19.4 Å². The van der Waals surface area contributed by atoms with Crippen molar-refractivity contribution in [1.29, 1.82) is 0 Å². The van der Waals surface area contributed by atoms with Crippen LogP contribution in [0.3, 0.4) is 0 Å². The monoisotopic (exact) mass is 270 g/mol. The number of carbonyl (C=O) groups is 1. The molecular formula is C16H18N2O2. The van der Waals surface area contributed by atoms with E-state index in [1.165, 1.54) is 22.2 Å². The number of aryl methyl sites for hydroxylation is 1. The van der Waals surface area contributed by atoms with Crippen LogP contribution < -0.4 is 5.73 Å². The van der Waals surface area contributed by atoms with Crippen molar-refractivity contribution in [2.75, 3.05) is 6.61 Å². The average Bonchev–Trinajstić information content (AvgIpc) is 2.76. The van der Waals surface area contributed by atoms with Crippen LogP contribution >= 0.6 is 0 Å². The largest absolute Gasteiger partial charge is 0.369 e. The molecule has 0 aliphatic carbocycles. The molecular weight excluding hydrogens is 252 g/mol. The number of carbonyl (C=O) groups excluding carboxylic acids is 1. The minimum absolute atomic E-state index is 0.238. The third-order valence-electron chi connectivity index (χ3n) is 4.95. The zero-order valence-corrected chi connectivity index (χ0v) is 11.6. The lowest BCUT2D eigenvalue weighted by atomic mass is 9.77. The molecule has 4 nitrogen and oxygen atoms in total. The molecule has 4 heteroatoms. The molecule has 1 aromatic heterocycles. The number of nitrogens with zero attached hydrogens (tertiary/aromatic N) is 1. The summed E-state index contributed by atoms with van der Waals surface area (Å²) in [5.41, 5.74) is 8.79. The Kier molecular flexibility index (Phi) is 2.31. The van der Waals surface area contributed by atoms with Gasteiger partial charge < -0.3 is 15.0 Å². The summed E-state index contributed by atoms with van der Waals surface area (Å²) < 4.78 is 8.38. The molecule has 1 aromatic carbocycles. The fourth-order valence-electron chi connectivity index (χ4n) is 4.07. The Labute approximate surface area is 117 Å². The van der Waals surface area contributed by atoms with Gasteiger partial charge in [-0.25, -0.2) is 0 Å². The first-order valence-corrected chi connectivity index (χ1v) is 7.17. The second-order valence-electron chi connectivity index (χ2n) is 5.95. The summed E-state index contributed by atoms with van der Waals surface area (Å²) in [5, 5.41) is 1.29. The molecule has 0 saturated heterocycles. The number of para-hydroxylation sites is 1. The van der Waals surface area contributed by atoms with Gasteiger partial charge in [0.15, 0.2) is 0 Å². The number of fused-ring (bicyclic) bond motifs is 3. The van der Waals surface area contributed by atoms with Crippen molar-refractivity contribution < 1.29 is 9.53 Å². The molecule has 0 fully saturated rings. The van der Waals surface area contributed by atoms with E-state index < -0.39 is 5.60 Å². The Balaban J connectivity index is 2.06. The van der Waals surface area contributed by atoms with E-state index in [9.17, 15) is 4.79 Å². The van der Waals surface area contributed by atoms with Crippen LogP contribution in [0.4, 0.5) is 0 Å². The maximum absolute atomic E-state index is 11.8. The predicted molar refractivity (Wildman–Crippen MR) is 76.2 cm³/mol. The van der Waals surface area contributed by atoms with Crippen molar-refractivity contribution in [1.82, 2.24) is 4.57 Å². The summed E-state index contributed by atoms with van der Waals surface area (Å²) in [5.74, 6) is -0.491. The van der Waals surface area contributed by atoms with E-state index in [2.05, 4.69) is 28.8 Å². The summed E-state index contributed by atoms with van der Waals surface area (Å²) >= 11 is 0. The molecule has 0 bridgehead atoms. The van der Waals surface area contributed by atoms with Crippen LogP contribution in [0.1, 0.15) is 24.6 Å². The molecule has 104 valence electrons. The zero-order valence-electron chi connectivity index (χ0n) is 11.6. The van der Waals surface area contributed by atoms with Gasteiger partial charge >= 0.3 is 0 Å². The number of hydrogen-bond donors (Lipinski definition) is 1. The highest BCUT2D eigenvalue weighted by molar-refractivity contribution is 5.87. The van der Waals surface area contributed by atoms with Crippen LogP contribution in [0.5, 0.6) is 0 Å². The van der Waals surface area contributed by atoms with Crippen LogP contribution in [0.2, 0.25) is 0 Å². The van der Waals surface area contributed by atoms with Crippen LogP contribution in [-0.4, -0.2) is 17.1 Å². The van der Waals surface area contributed by atoms with Gasteiger partial charge in [0.05, 0.1) is 18.2 Å². The van der Waals surface area contributed by atoms with E-state index in [4.69, 9.17) is 10.5 Å². The van der Waals surface area contributed by atoms with E-state index >= 15 is 0 Å². The summed E-state index contributed by atoms with van der Waals surface area (Å²) in [4.78, 5) is 11.8. The lowest BCUT2D eigenvalue weighted by Gasteiger charge is -2.43. The molecule has 1 amide bonds. The summed E-state index contributed by atoms with van der Waals surface area (Å²) in [7, 11) is 0. The fourth-order valence-corrected chi connectivity index (χ4v) is 4.07. The minimum atomic E-state index is -0.573. The van der Waals surface area contributed by atoms with Gasteiger partial charge in [-0.15, -0.1) is 0 Å². The van der Waals surface area contributed by atoms with Gasteiger partial charge in [0.25, 0.3) is 0 Å². The van der Waals surface area contributed by atoms with Gasteiger partial charge in [0, 0.05) is 17.4 Å². The number of primary amides is 1. The molecule has 4 rings (SSSR count). The van der Waals surface area contributed by atoms with E-state index in [1.54, 1.807) is 0 Å². The van der Waals surface area contributed by atoms with Crippen molar-refractivity contribution in [3.63, 3.8) is 0 Å². The predicted octanol–water partition coefficient (Wildman–Crippen LogP) is 1.93. The Morgan fingerprint density at radius 1 is 1.45 bits per heavy atom. The number of amides is 1. The number of aromatic nitrogens is 1. The second kappa shape index (κ2) is 3.85. The lowest BCUT2D eigenvalue weighted by Crippen LogP contribution is -2.49. The number of rotatable bonds is 1. The Bertz CT molecular complexity index is 686. The lowest BCUT2D eigenvalue weighted by molar-refractivity contribution is -0.145. The molecule has 20 heavy (non-hydrogen) atoms. The molecule has 2 aromatic rings. The quantitative estimate of drug-likeness (QED) is 0.861. The Morgan fingerprint density at radius 2 is 2.25 bits per heavy atom. The first-order valence-electron chi connectivity index (χ1n) is 7.17. The van der Waals surface area contributed by atoms with Crippen LogP contribution in [0.15, 0.2) is 24.3 Å².